The number of ether oxygens (including phenoxy) is 1. The molecule has 5 nitrogen and oxygen atoms in total. The highest BCUT2D eigenvalue weighted by Gasteiger charge is 2.21. The summed E-state index contributed by atoms with van der Waals surface area (Å²) in [7, 11) is 4.08. The van der Waals surface area contributed by atoms with Crippen molar-refractivity contribution in [1.29, 1.82) is 0 Å². The van der Waals surface area contributed by atoms with Gasteiger partial charge in [0.15, 0.2) is 0 Å². The zero-order valence-electron chi connectivity index (χ0n) is 21.4. The fourth-order valence-corrected chi connectivity index (χ4v) is 4.50. The summed E-state index contributed by atoms with van der Waals surface area (Å²) in [4.78, 5) is 16.7. The molecule has 0 aliphatic rings. The highest BCUT2D eigenvalue weighted by molar-refractivity contribution is 6.30. The Kier molecular flexibility index (Phi) is 9.26. The van der Waals surface area contributed by atoms with Crippen LogP contribution in [0.25, 0.3) is 10.9 Å². The molecule has 0 saturated heterocycles. The van der Waals surface area contributed by atoms with Gasteiger partial charge in [0.2, 0.25) is 5.91 Å². The number of rotatable bonds is 13. The molecule has 4 rings (SSSR count). The van der Waals surface area contributed by atoms with Crippen molar-refractivity contribution in [2.24, 2.45) is 0 Å². The number of aryl methyl sites for hydroxylation is 1. The molecule has 0 spiro atoms. The van der Waals surface area contributed by atoms with Gasteiger partial charge >= 0.3 is 0 Å². The monoisotopic (exact) mass is 479 g/mol. The smallest absolute Gasteiger partial charge is 0.214 e. The van der Waals surface area contributed by atoms with E-state index in [1.165, 1.54) is 16.5 Å². The number of carbonyl (C=O) groups excluding carboxylic acids is 1. The molecule has 0 bridgehead atoms. The number of benzene rings is 2. The maximum atomic E-state index is 12.5. The van der Waals surface area contributed by atoms with Crippen molar-refractivity contribution < 1.29 is 9.53 Å². The van der Waals surface area contributed by atoms with E-state index in [4.69, 9.17) is 4.74 Å². The van der Waals surface area contributed by atoms with Gasteiger partial charge in [-0.25, -0.2) is 0 Å². The first-order chi connectivity index (χ1) is 17.6. The van der Waals surface area contributed by atoms with E-state index in [2.05, 4.69) is 65.3 Å². The number of nitrogens with one attached hydrogen (secondary N) is 1. The third-order valence-corrected chi connectivity index (χ3v) is 6.99. The van der Waals surface area contributed by atoms with E-state index in [9.17, 15) is 4.79 Å². The number of unbranched alkanes of at least 4 members (excludes halogenated alkanes) is 3. The average molecular weight is 479 g/mol. The van der Waals surface area contributed by atoms with E-state index in [0.717, 1.165) is 50.1 Å². The summed E-state index contributed by atoms with van der Waals surface area (Å²) in [5.41, 5.74) is 3.52. The normalized spacial score (nSPS) is 12.8. The van der Waals surface area contributed by atoms with Crippen LogP contribution in [0.2, 0.25) is 5.82 Å². The Morgan fingerprint density at radius 3 is 2.61 bits per heavy atom. The van der Waals surface area contributed by atoms with Gasteiger partial charge in [0.05, 0.1) is 0 Å². The van der Waals surface area contributed by atoms with Crippen molar-refractivity contribution in [3.8, 4) is 5.75 Å². The van der Waals surface area contributed by atoms with Gasteiger partial charge in [0, 0.05) is 48.4 Å². The molecule has 2 atom stereocenters. The minimum Gasteiger partial charge on any atom is -0.489 e. The van der Waals surface area contributed by atoms with Gasteiger partial charge in [-0.3, -0.25) is 9.78 Å². The Hall–Kier alpha value is -3.47. The van der Waals surface area contributed by atoms with E-state index < -0.39 is 0 Å². The van der Waals surface area contributed by atoms with Crippen LogP contribution in [-0.4, -0.2) is 37.7 Å². The Balaban J connectivity index is 1.13. The summed E-state index contributed by atoms with van der Waals surface area (Å²) in [5, 5.41) is 4.32. The molecule has 4 aromatic rings. The lowest BCUT2D eigenvalue weighted by Gasteiger charge is -2.19. The van der Waals surface area contributed by atoms with Gasteiger partial charge in [0.1, 0.15) is 28.0 Å². The molecule has 0 aliphatic heterocycles. The van der Waals surface area contributed by atoms with Gasteiger partial charge in [-0.1, -0.05) is 49.2 Å². The molecule has 0 saturated carbocycles. The largest absolute Gasteiger partial charge is 0.489 e. The lowest BCUT2D eigenvalue weighted by Crippen LogP contribution is -2.31. The fraction of sp³-hybridized carbons (Fsp3) is 0.310. The van der Waals surface area contributed by atoms with Gasteiger partial charge in [-0.15, -0.1) is 0 Å². The minimum absolute atomic E-state index is 0.0690. The number of aromatic nitrogens is 2. The lowest BCUT2D eigenvalue weighted by atomic mass is 9.63. The van der Waals surface area contributed by atoms with Crippen LogP contribution in [0.15, 0.2) is 85.3 Å². The maximum absolute atomic E-state index is 12.5. The van der Waals surface area contributed by atoms with E-state index >= 15 is 0 Å². The zero-order valence-corrected chi connectivity index (χ0v) is 21.4. The number of hydrogen-bond acceptors (Lipinski definition) is 3. The molecule has 36 heavy (non-hydrogen) atoms. The number of fused-ring (bicyclic) bond motifs is 1. The maximum Gasteiger partial charge on any atom is 0.214 e. The predicted molar refractivity (Wildman–Crippen MR) is 152 cm³/mol. The number of amides is 1. The lowest BCUT2D eigenvalue weighted by molar-refractivity contribution is -0.121. The predicted octanol–water partition coefficient (Wildman–Crippen LogP) is 4.09. The summed E-state index contributed by atoms with van der Waals surface area (Å²) >= 11 is 0. The molecule has 1 amide bonds. The van der Waals surface area contributed by atoms with Crippen LogP contribution >= 0.6 is 0 Å². The first-order valence-electron chi connectivity index (χ1n) is 13.0. The highest BCUT2D eigenvalue weighted by atomic mass is 16.5. The number of pyridine rings is 1. The molecule has 0 aliphatic carbocycles. The summed E-state index contributed by atoms with van der Waals surface area (Å²) in [6, 6.07) is 22.7. The number of carbonyl (C=O) groups is 1. The van der Waals surface area contributed by atoms with Gasteiger partial charge in [0.25, 0.3) is 0 Å². The third kappa shape index (κ3) is 7.03. The Bertz CT molecular complexity index is 1230. The first kappa shape index (κ1) is 25.6. The summed E-state index contributed by atoms with van der Waals surface area (Å²) < 4.78 is 8.29. The van der Waals surface area contributed by atoms with Crippen molar-refractivity contribution in [2.45, 2.75) is 50.5 Å². The van der Waals surface area contributed by atoms with Crippen molar-refractivity contribution in [3.63, 3.8) is 0 Å². The SMILES string of the molecule is BC(C(=O)NCCCCCCn1ccc2cc(OCc3ccccc3)ccc21)C(B)c1cccnc1. The van der Waals surface area contributed by atoms with Crippen LogP contribution < -0.4 is 10.1 Å². The highest BCUT2D eigenvalue weighted by Crippen LogP contribution is 2.24. The van der Waals surface area contributed by atoms with Gasteiger partial charge < -0.3 is 14.6 Å². The zero-order chi connectivity index (χ0) is 25.2. The Morgan fingerprint density at radius 2 is 1.81 bits per heavy atom. The first-order valence-corrected chi connectivity index (χ1v) is 13.0. The van der Waals surface area contributed by atoms with Crippen LogP contribution in [0, 0.1) is 0 Å². The second-order valence-electron chi connectivity index (χ2n) is 9.57. The second kappa shape index (κ2) is 13.0. The third-order valence-electron chi connectivity index (χ3n) is 6.99. The molecule has 7 heteroatoms. The molecular formula is C29H35B2N3O2. The standard InChI is InChI=1S/C29H35B2N3O2/c30-27(24-11-8-15-32-20-24)28(31)29(35)33-16-6-1-2-7-17-34-18-14-23-19-25(12-13-26(23)34)36-21-22-9-4-3-5-10-22/h3-5,8-15,18-20,27-28H,1-2,6-7,16-17,21,30-31H2,(H,33,35). The quantitative estimate of drug-likeness (QED) is 0.232. The number of nitrogens with zero attached hydrogens (tertiary/aromatic N) is 2. The van der Waals surface area contributed by atoms with Crippen LogP contribution in [0.1, 0.15) is 42.6 Å². The number of hydrogen-bond donors (Lipinski definition) is 1. The fourth-order valence-electron chi connectivity index (χ4n) is 4.50. The average Bonchev–Trinajstić information content (AvgIpc) is 3.33. The topological polar surface area (TPSA) is 56.2 Å². The molecule has 2 unspecified atom stereocenters. The molecule has 2 aromatic heterocycles. The van der Waals surface area contributed by atoms with Crippen molar-refractivity contribution in [2.75, 3.05) is 6.54 Å². The van der Waals surface area contributed by atoms with E-state index in [1.54, 1.807) is 6.20 Å². The molecule has 2 aromatic carbocycles. The van der Waals surface area contributed by atoms with Crippen LogP contribution in [0.5, 0.6) is 5.75 Å². The molecule has 1 N–H and O–H groups in total. The molecular weight excluding hydrogens is 444 g/mol. The van der Waals surface area contributed by atoms with E-state index in [0.29, 0.717) is 6.61 Å². The van der Waals surface area contributed by atoms with Crippen LogP contribution in [0.4, 0.5) is 0 Å². The van der Waals surface area contributed by atoms with Crippen molar-refractivity contribution in [3.05, 3.63) is 96.4 Å². The second-order valence-corrected chi connectivity index (χ2v) is 9.57. The molecule has 0 fully saturated rings. The summed E-state index contributed by atoms with van der Waals surface area (Å²) in [6.45, 7) is 2.32. The molecule has 2 heterocycles. The van der Waals surface area contributed by atoms with Gasteiger partial charge in [-0.2, -0.15) is 0 Å². The van der Waals surface area contributed by atoms with E-state index in [-0.39, 0.29) is 17.5 Å². The Morgan fingerprint density at radius 1 is 0.972 bits per heavy atom. The van der Waals surface area contributed by atoms with Crippen molar-refractivity contribution in [1.82, 2.24) is 14.9 Å². The van der Waals surface area contributed by atoms with Crippen molar-refractivity contribution >= 4 is 32.5 Å². The summed E-state index contributed by atoms with van der Waals surface area (Å²) in [6.07, 6.45) is 10.2. The summed E-state index contributed by atoms with van der Waals surface area (Å²) in [5.74, 6) is 1.11. The Labute approximate surface area is 216 Å². The van der Waals surface area contributed by atoms with E-state index in [1.807, 2.05) is 44.4 Å². The molecule has 184 valence electrons. The van der Waals surface area contributed by atoms with Crippen LogP contribution in [-0.2, 0) is 17.9 Å². The van der Waals surface area contributed by atoms with Gasteiger partial charge in [-0.05, 0) is 60.1 Å². The van der Waals surface area contributed by atoms with Crippen LogP contribution in [0.3, 0.4) is 0 Å². The molecule has 0 radical (unpaired) electrons. The minimum atomic E-state index is -0.0690.